The summed E-state index contributed by atoms with van der Waals surface area (Å²) < 4.78 is 32.5. The Hall–Kier alpha value is -1.44. The summed E-state index contributed by atoms with van der Waals surface area (Å²) in [5.41, 5.74) is 2.36. The summed E-state index contributed by atoms with van der Waals surface area (Å²) in [4.78, 5) is 11.3. The maximum Gasteiger partial charge on any atom is 0.305 e. The highest BCUT2D eigenvalue weighted by atomic mass is 32.2. The molecule has 1 unspecified atom stereocenters. The van der Waals surface area contributed by atoms with Crippen molar-refractivity contribution >= 4 is 16.0 Å². The van der Waals surface area contributed by atoms with E-state index in [0.29, 0.717) is 11.1 Å². The molecular formula is C15H21NO5S. The number of ether oxygens (including phenoxy) is 1. The molecule has 1 aliphatic rings. The minimum atomic E-state index is -3.74. The quantitative estimate of drug-likeness (QED) is 0.905. The molecule has 6 nitrogen and oxygen atoms in total. The van der Waals surface area contributed by atoms with E-state index in [0.717, 1.165) is 5.56 Å². The third-order valence-electron chi connectivity index (χ3n) is 3.76. The van der Waals surface area contributed by atoms with E-state index in [4.69, 9.17) is 9.84 Å². The summed E-state index contributed by atoms with van der Waals surface area (Å²) in [5.74, 6) is -1.03. The molecule has 122 valence electrons. The fourth-order valence-corrected chi connectivity index (χ4v) is 5.02. The highest BCUT2D eigenvalue weighted by Gasteiger charge is 2.36. The standard InChI is InChI=1S/C15H21NO5S/c1-10-6-11(2)15(12(3)7-10)22(19,20)16-4-5-21-9-13(16)8-14(17)18/h6-7,13H,4-5,8-9H2,1-3H3,(H,17,18). The van der Waals surface area contributed by atoms with Gasteiger partial charge in [0.25, 0.3) is 0 Å². The predicted molar refractivity (Wildman–Crippen MR) is 81.4 cm³/mol. The van der Waals surface area contributed by atoms with Gasteiger partial charge < -0.3 is 9.84 Å². The fourth-order valence-electron chi connectivity index (χ4n) is 3.01. The topological polar surface area (TPSA) is 83.9 Å². The van der Waals surface area contributed by atoms with E-state index in [1.165, 1.54) is 4.31 Å². The molecule has 1 fully saturated rings. The van der Waals surface area contributed by atoms with Crippen molar-refractivity contribution < 1.29 is 23.1 Å². The van der Waals surface area contributed by atoms with Crippen molar-refractivity contribution in [3.05, 3.63) is 28.8 Å². The second-order valence-corrected chi connectivity index (χ2v) is 7.50. The summed E-state index contributed by atoms with van der Waals surface area (Å²) in [5, 5.41) is 8.99. The number of carbonyl (C=O) groups is 1. The van der Waals surface area contributed by atoms with Crippen molar-refractivity contribution in [2.45, 2.75) is 38.1 Å². The van der Waals surface area contributed by atoms with Crippen molar-refractivity contribution in [2.75, 3.05) is 19.8 Å². The number of aliphatic carboxylic acids is 1. The third-order valence-corrected chi connectivity index (χ3v) is 6.01. The molecule has 22 heavy (non-hydrogen) atoms. The third kappa shape index (κ3) is 3.31. The van der Waals surface area contributed by atoms with Crippen LogP contribution in [0.3, 0.4) is 0 Å². The molecule has 1 saturated heterocycles. The monoisotopic (exact) mass is 327 g/mol. The Morgan fingerprint density at radius 3 is 2.45 bits per heavy atom. The molecule has 0 saturated carbocycles. The molecule has 0 spiro atoms. The van der Waals surface area contributed by atoms with E-state index in [-0.39, 0.29) is 31.1 Å². The van der Waals surface area contributed by atoms with Crippen LogP contribution in [0.15, 0.2) is 17.0 Å². The Balaban J connectivity index is 2.46. The molecule has 1 N–H and O–H groups in total. The van der Waals surface area contributed by atoms with E-state index < -0.39 is 22.0 Å². The van der Waals surface area contributed by atoms with Crippen LogP contribution in [0.4, 0.5) is 0 Å². The zero-order chi connectivity index (χ0) is 16.5. The van der Waals surface area contributed by atoms with Crippen LogP contribution in [0, 0.1) is 20.8 Å². The van der Waals surface area contributed by atoms with Gasteiger partial charge in [0.05, 0.1) is 30.6 Å². The lowest BCUT2D eigenvalue weighted by atomic mass is 10.1. The van der Waals surface area contributed by atoms with Gasteiger partial charge in [0.2, 0.25) is 10.0 Å². The normalized spacial score (nSPS) is 20.0. The summed E-state index contributed by atoms with van der Waals surface area (Å²) in [7, 11) is -3.74. The van der Waals surface area contributed by atoms with Crippen LogP contribution in [-0.4, -0.2) is 49.6 Å². The number of carboxylic acid groups (broad SMARTS) is 1. The number of nitrogens with zero attached hydrogens (tertiary/aromatic N) is 1. The number of morpholine rings is 1. The molecule has 1 atom stereocenters. The molecule has 7 heteroatoms. The van der Waals surface area contributed by atoms with Crippen LogP contribution in [-0.2, 0) is 19.6 Å². The van der Waals surface area contributed by atoms with Gasteiger partial charge >= 0.3 is 5.97 Å². The Labute approximate surface area is 130 Å². The Morgan fingerprint density at radius 2 is 1.91 bits per heavy atom. The van der Waals surface area contributed by atoms with E-state index in [9.17, 15) is 13.2 Å². The fraction of sp³-hybridized carbons (Fsp3) is 0.533. The van der Waals surface area contributed by atoms with E-state index in [2.05, 4.69) is 0 Å². The van der Waals surface area contributed by atoms with E-state index >= 15 is 0 Å². The summed E-state index contributed by atoms with van der Waals surface area (Å²) in [6.45, 7) is 6.00. The van der Waals surface area contributed by atoms with Crippen LogP contribution in [0.5, 0.6) is 0 Å². The van der Waals surface area contributed by atoms with Crippen LogP contribution in [0.2, 0.25) is 0 Å². The zero-order valence-corrected chi connectivity index (χ0v) is 13.8. The van der Waals surface area contributed by atoms with Gasteiger partial charge in [-0.15, -0.1) is 0 Å². The van der Waals surface area contributed by atoms with Crippen molar-refractivity contribution in [3.63, 3.8) is 0 Å². The lowest BCUT2D eigenvalue weighted by Crippen LogP contribution is -2.49. The maximum absolute atomic E-state index is 13.0. The van der Waals surface area contributed by atoms with Gasteiger partial charge in [-0.3, -0.25) is 4.79 Å². The SMILES string of the molecule is Cc1cc(C)c(S(=O)(=O)N2CCOCC2CC(=O)O)c(C)c1. The van der Waals surface area contributed by atoms with Gasteiger partial charge in [0.1, 0.15) is 0 Å². The van der Waals surface area contributed by atoms with Gasteiger partial charge in [0.15, 0.2) is 0 Å². The first kappa shape index (κ1) is 16.9. The van der Waals surface area contributed by atoms with Crippen molar-refractivity contribution in [1.29, 1.82) is 0 Å². The molecular weight excluding hydrogens is 306 g/mol. The van der Waals surface area contributed by atoms with Crippen LogP contribution >= 0.6 is 0 Å². The first-order valence-corrected chi connectivity index (χ1v) is 8.56. The molecule has 0 aliphatic carbocycles. The summed E-state index contributed by atoms with van der Waals surface area (Å²) in [6, 6.07) is 2.98. The zero-order valence-electron chi connectivity index (χ0n) is 13.0. The number of hydrogen-bond donors (Lipinski definition) is 1. The predicted octanol–water partition coefficient (Wildman–Crippen LogP) is 1.48. The molecule has 1 aromatic rings. The van der Waals surface area contributed by atoms with Gasteiger partial charge in [-0.1, -0.05) is 17.7 Å². The summed E-state index contributed by atoms with van der Waals surface area (Å²) >= 11 is 0. The molecule has 2 rings (SSSR count). The molecule has 1 heterocycles. The number of benzene rings is 1. The largest absolute Gasteiger partial charge is 0.481 e. The minimum absolute atomic E-state index is 0.107. The summed E-state index contributed by atoms with van der Waals surface area (Å²) in [6.07, 6.45) is -0.261. The van der Waals surface area contributed by atoms with Crippen LogP contribution < -0.4 is 0 Å². The average molecular weight is 327 g/mol. The molecule has 0 aromatic heterocycles. The second kappa shape index (κ2) is 6.36. The number of aryl methyl sites for hydroxylation is 3. The number of hydrogen-bond acceptors (Lipinski definition) is 4. The van der Waals surface area contributed by atoms with Crippen molar-refractivity contribution in [1.82, 2.24) is 4.31 Å². The lowest BCUT2D eigenvalue weighted by molar-refractivity contribution is -0.139. The Bertz CT molecular complexity index is 660. The molecule has 0 bridgehead atoms. The number of sulfonamides is 1. The first-order valence-electron chi connectivity index (χ1n) is 7.12. The maximum atomic E-state index is 13.0. The van der Waals surface area contributed by atoms with Gasteiger partial charge in [-0.05, 0) is 31.9 Å². The number of rotatable bonds is 4. The molecule has 0 radical (unpaired) electrons. The van der Waals surface area contributed by atoms with E-state index in [1.807, 2.05) is 19.1 Å². The van der Waals surface area contributed by atoms with Crippen LogP contribution in [0.1, 0.15) is 23.1 Å². The molecule has 0 amide bonds. The number of carboxylic acids is 1. The molecule has 1 aromatic carbocycles. The molecule has 1 aliphatic heterocycles. The van der Waals surface area contributed by atoms with Crippen LogP contribution in [0.25, 0.3) is 0 Å². The smallest absolute Gasteiger partial charge is 0.305 e. The Kier molecular flexibility index (Phi) is 4.89. The first-order chi connectivity index (χ1) is 10.2. The van der Waals surface area contributed by atoms with E-state index in [1.54, 1.807) is 13.8 Å². The van der Waals surface area contributed by atoms with Crippen molar-refractivity contribution in [2.24, 2.45) is 0 Å². The highest BCUT2D eigenvalue weighted by molar-refractivity contribution is 7.89. The van der Waals surface area contributed by atoms with Gasteiger partial charge in [-0.25, -0.2) is 8.42 Å². The highest BCUT2D eigenvalue weighted by Crippen LogP contribution is 2.28. The van der Waals surface area contributed by atoms with Crippen molar-refractivity contribution in [3.8, 4) is 0 Å². The second-order valence-electron chi connectivity index (χ2n) is 5.67. The van der Waals surface area contributed by atoms with Gasteiger partial charge in [0, 0.05) is 6.54 Å². The lowest BCUT2D eigenvalue weighted by Gasteiger charge is -2.34. The average Bonchev–Trinajstić information content (AvgIpc) is 2.36. The Morgan fingerprint density at radius 1 is 1.32 bits per heavy atom. The van der Waals surface area contributed by atoms with Gasteiger partial charge in [-0.2, -0.15) is 4.31 Å². The minimum Gasteiger partial charge on any atom is -0.481 e.